The van der Waals surface area contributed by atoms with Crippen LogP contribution in [0.4, 0.5) is 13.2 Å². The van der Waals surface area contributed by atoms with Crippen molar-refractivity contribution in [3.63, 3.8) is 0 Å². The molecule has 0 saturated heterocycles. The van der Waals surface area contributed by atoms with Crippen LogP contribution >= 0.6 is 0 Å². The smallest absolute Gasteiger partial charge is 0.406 e. The molecule has 1 heterocycles. The first kappa shape index (κ1) is 19.8. The van der Waals surface area contributed by atoms with Crippen LogP contribution in [0.5, 0.6) is 5.75 Å². The fourth-order valence-electron chi connectivity index (χ4n) is 3.55. The number of para-hydroxylation sites is 1. The number of H-pyrrole nitrogens is 1. The minimum Gasteiger partial charge on any atom is -0.406 e. The molecule has 4 rings (SSSR count). The third kappa shape index (κ3) is 4.22. The van der Waals surface area contributed by atoms with Crippen LogP contribution in [-0.2, 0) is 6.42 Å². The Hall–Kier alpha value is -3.54. The van der Waals surface area contributed by atoms with Crippen molar-refractivity contribution < 1.29 is 17.9 Å². The van der Waals surface area contributed by atoms with Crippen molar-refractivity contribution in [1.29, 1.82) is 0 Å². The van der Waals surface area contributed by atoms with E-state index >= 15 is 0 Å². The van der Waals surface area contributed by atoms with Gasteiger partial charge in [0.2, 0.25) is 0 Å². The third-order valence-electron chi connectivity index (χ3n) is 4.90. The molecular weight excluding hydrogens is 391 g/mol. The largest absolute Gasteiger partial charge is 0.573 e. The third-order valence-corrected chi connectivity index (χ3v) is 4.90. The molecule has 0 spiro atoms. The number of hydrogen-bond acceptors (Lipinski definition) is 2. The normalized spacial score (nSPS) is 11.6. The molecule has 0 unspecified atom stereocenters. The molecule has 3 nitrogen and oxygen atoms in total. The molecular formula is C24H18F3NO2. The van der Waals surface area contributed by atoms with E-state index in [1.54, 1.807) is 19.1 Å². The van der Waals surface area contributed by atoms with Gasteiger partial charge >= 0.3 is 6.36 Å². The van der Waals surface area contributed by atoms with Crippen molar-refractivity contribution in [3.05, 3.63) is 99.7 Å². The Kier molecular flexibility index (Phi) is 5.08. The number of alkyl halides is 3. The predicted octanol–water partition coefficient (Wildman–Crippen LogP) is 5.99. The summed E-state index contributed by atoms with van der Waals surface area (Å²) < 4.78 is 41.4. The van der Waals surface area contributed by atoms with Gasteiger partial charge in [-0.3, -0.25) is 4.79 Å². The summed E-state index contributed by atoms with van der Waals surface area (Å²) in [6.45, 7) is 1.78. The number of benzene rings is 3. The summed E-state index contributed by atoms with van der Waals surface area (Å²) in [5.41, 5.74) is 4.52. The van der Waals surface area contributed by atoms with Crippen molar-refractivity contribution in [3.8, 4) is 17.0 Å². The molecule has 0 amide bonds. The summed E-state index contributed by atoms with van der Waals surface area (Å²) in [5, 5.41) is 0.636. The Balaban J connectivity index is 1.68. The Morgan fingerprint density at radius 2 is 1.60 bits per heavy atom. The first-order valence-electron chi connectivity index (χ1n) is 9.36. The average molecular weight is 409 g/mol. The lowest BCUT2D eigenvalue weighted by molar-refractivity contribution is -0.274. The van der Waals surface area contributed by atoms with Gasteiger partial charge < -0.3 is 9.72 Å². The van der Waals surface area contributed by atoms with Gasteiger partial charge in [0.15, 0.2) is 5.43 Å². The quantitative estimate of drug-likeness (QED) is 0.450. The van der Waals surface area contributed by atoms with Gasteiger partial charge in [-0.15, -0.1) is 13.2 Å². The maximum atomic E-state index is 12.7. The van der Waals surface area contributed by atoms with Gasteiger partial charge in [0, 0.05) is 16.5 Å². The molecule has 0 aliphatic carbocycles. The van der Waals surface area contributed by atoms with E-state index < -0.39 is 6.36 Å². The van der Waals surface area contributed by atoms with Gasteiger partial charge in [0.25, 0.3) is 0 Å². The Morgan fingerprint density at radius 1 is 0.900 bits per heavy atom. The van der Waals surface area contributed by atoms with Crippen molar-refractivity contribution in [1.82, 2.24) is 4.98 Å². The number of halogens is 3. The van der Waals surface area contributed by atoms with E-state index in [2.05, 4.69) is 9.72 Å². The van der Waals surface area contributed by atoms with E-state index in [0.717, 1.165) is 22.3 Å². The predicted molar refractivity (Wildman–Crippen MR) is 111 cm³/mol. The van der Waals surface area contributed by atoms with Gasteiger partial charge in [-0.2, -0.15) is 0 Å². The minimum absolute atomic E-state index is 0.0262. The molecule has 0 radical (unpaired) electrons. The van der Waals surface area contributed by atoms with Crippen LogP contribution in [0.2, 0.25) is 0 Å². The molecule has 4 aromatic rings. The van der Waals surface area contributed by atoms with Crippen molar-refractivity contribution in [2.24, 2.45) is 0 Å². The molecule has 152 valence electrons. The molecule has 1 aromatic heterocycles. The molecule has 0 fully saturated rings. The summed E-state index contributed by atoms with van der Waals surface area (Å²) in [6.07, 6.45) is -4.29. The monoisotopic (exact) mass is 409 g/mol. The first-order valence-corrected chi connectivity index (χ1v) is 9.36. The molecule has 0 saturated carbocycles. The van der Waals surface area contributed by atoms with Crippen molar-refractivity contribution in [2.45, 2.75) is 19.7 Å². The van der Waals surface area contributed by atoms with Crippen LogP contribution in [0.1, 0.15) is 16.7 Å². The minimum atomic E-state index is -4.72. The van der Waals surface area contributed by atoms with Gasteiger partial charge in [0.1, 0.15) is 5.75 Å². The topological polar surface area (TPSA) is 42.1 Å². The van der Waals surface area contributed by atoms with E-state index in [1.807, 2.05) is 42.5 Å². The standard InChI is InChI=1S/C24H18F3NO2/c1-15-22(28-21-11-3-2-10-20(21)23(15)29)18-8-4-6-16(13-18)12-17-7-5-9-19(14-17)30-24(25,26)27/h2-11,13-14H,12H2,1H3,(H,28,29). The molecule has 0 bridgehead atoms. The number of rotatable bonds is 4. The number of aromatic nitrogens is 1. The zero-order chi connectivity index (χ0) is 21.3. The molecule has 6 heteroatoms. The van der Waals surface area contributed by atoms with Gasteiger partial charge in [0.05, 0.1) is 5.69 Å². The Labute approximate surface area is 170 Å². The molecule has 1 N–H and O–H groups in total. The van der Waals surface area contributed by atoms with E-state index in [-0.39, 0.29) is 11.2 Å². The summed E-state index contributed by atoms with van der Waals surface area (Å²) in [6, 6.07) is 20.9. The van der Waals surface area contributed by atoms with Crippen LogP contribution in [0.15, 0.2) is 77.6 Å². The Bertz CT molecular complexity index is 1280. The van der Waals surface area contributed by atoms with Crippen LogP contribution in [0.25, 0.3) is 22.2 Å². The molecule has 0 aliphatic heterocycles. The zero-order valence-corrected chi connectivity index (χ0v) is 16.1. The van der Waals surface area contributed by atoms with E-state index in [9.17, 15) is 18.0 Å². The summed E-state index contributed by atoms with van der Waals surface area (Å²) >= 11 is 0. The number of fused-ring (bicyclic) bond motifs is 1. The number of ether oxygens (including phenoxy) is 1. The highest BCUT2D eigenvalue weighted by atomic mass is 19.4. The van der Waals surface area contributed by atoms with E-state index in [0.29, 0.717) is 22.9 Å². The van der Waals surface area contributed by atoms with E-state index in [4.69, 9.17) is 0 Å². The lowest BCUT2D eigenvalue weighted by atomic mass is 9.99. The van der Waals surface area contributed by atoms with Gasteiger partial charge in [-0.05, 0) is 60.4 Å². The summed E-state index contributed by atoms with van der Waals surface area (Å²) in [5.74, 6) is -0.245. The highest BCUT2D eigenvalue weighted by molar-refractivity contribution is 5.83. The highest BCUT2D eigenvalue weighted by Gasteiger charge is 2.31. The SMILES string of the molecule is Cc1c(-c2cccc(Cc3cccc(OC(F)(F)F)c3)c2)[nH]c2ccccc2c1=O. The van der Waals surface area contributed by atoms with Crippen LogP contribution in [0, 0.1) is 6.92 Å². The maximum absolute atomic E-state index is 12.7. The van der Waals surface area contributed by atoms with Crippen LogP contribution in [0.3, 0.4) is 0 Å². The average Bonchev–Trinajstić information content (AvgIpc) is 2.70. The summed E-state index contributed by atoms with van der Waals surface area (Å²) in [7, 11) is 0. The Morgan fingerprint density at radius 3 is 2.37 bits per heavy atom. The molecule has 0 aliphatic rings. The summed E-state index contributed by atoms with van der Waals surface area (Å²) in [4.78, 5) is 16.1. The number of pyridine rings is 1. The molecule has 3 aromatic carbocycles. The zero-order valence-electron chi connectivity index (χ0n) is 16.1. The fourth-order valence-corrected chi connectivity index (χ4v) is 3.55. The van der Waals surface area contributed by atoms with Crippen molar-refractivity contribution in [2.75, 3.05) is 0 Å². The van der Waals surface area contributed by atoms with Gasteiger partial charge in [-0.25, -0.2) is 0 Å². The van der Waals surface area contributed by atoms with E-state index in [1.165, 1.54) is 18.2 Å². The molecule has 0 atom stereocenters. The number of nitrogens with one attached hydrogen (secondary N) is 1. The number of aromatic amines is 1. The second kappa shape index (κ2) is 7.71. The second-order valence-electron chi connectivity index (χ2n) is 7.07. The van der Waals surface area contributed by atoms with Crippen LogP contribution < -0.4 is 10.2 Å². The van der Waals surface area contributed by atoms with Gasteiger partial charge in [-0.1, -0.05) is 42.5 Å². The second-order valence-corrected chi connectivity index (χ2v) is 7.07. The highest BCUT2D eigenvalue weighted by Crippen LogP contribution is 2.26. The fraction of sp³-hybridized carbons (Fsp3) is 0.125. The number of hydrogen-bond donors (Lipinski definition) is 1. The lowest BCUT2D eigenvalue weighted by Crippen LogP contribution is -2.17. The maximum Gasteiger partial charge on any atom is 0.573 e. The first-order chi connectivity index (χ1) is 14.3. The lowest BCUT2D eigenvalue weighted by Gasteiger charge is -2.12. The molecule has 30 heavy (non-hydrogen) atoms. The van der Waals surface area contributed by atoms with Crippen LogP contribution in [-0.4, -0.2) is 11.3 Å². The van der Waals surface area contributed by atoms with Crippen molar-refractivity contribution >= 4 is 10.9 Å².